The summed E-state index contributed by atoms with van der Waals surface area (Å²) in [6.07, 6.45) is 1.63. The molecular weight excluding hydrogens is 311 g/mol. The van der Waals surface area contributed by atoms with Crippen LogP contribution in [-0.4, -0.2) is 25.1 Å². The quantitative estimate of drug-likeness (QED) is 0.633. The number of hydrogen-bond donors (Lipinski definition) is 0. The van der Waals surface area contributed by atoms with E-state index in [1.54, 1.807) is 24.4 Å². The molecule has 0 spiro atoms. The molecule has 0 bridgehead atoms. The molecule has 2 aromatic rings. The van der Waals surface area contributed by atoms with Crippen molar-refractivity contribution in [2.75, 3.05) is 19.1 Å². The van der Waals surface area contributed by atoms with Gasteiger partial charge in [0.15, 0.2) is 0 Å². The Balaban J connectivity index is 2.28. The molecule has 6 heteroatoms. The zero-order valence-electron chi connectivity index (χ0n) is 11.6. The summed E-state index contributed by atoms with van der Waals surface area (Å²) in [5.41, 5.74) is 2.08. The zero-order valence-corrected chi connectivity index (χ0v) is 13.1. The molecule has 0 amide bonds. The topological polar surface area (TPSA) is 42.4 Å². The Kier molecular flexibility index (Phi) is 5.04. The molecule has 21 heavy (non-hydrogen) atoms. The van der Waals surface area contributed by atoms with Gasteiger partial charge in [-0.3, -0.25) is 0 Å². The van der Waals surface area contributed by atoms with Crippen molar-refractivity contribution >= 4 is 34.9 Å². The number of rotatable bonds is 4. The maximum atomic E-state index is 11.8. The van der Waals surface area contributed by atoms with Crippen molar-refractivity contribution in [2.24, 2.45) is 0 Å². The van der Waals surface area contributed by atoms with Crippen molar-refractivity contribution in [1.82, 2.24) is 4.98 Å². The monoisotopic (exact) mass is 324 g/mol. The third kappa shape index (κ3) is 3.65. The summed E-state index contributed by atoms with van der Waals surface area (Å²) >= 11 is 11.9. The molecule has 4 nitrogen and oxygen atoms in total. The van der Waals surface area contributed by atoms with Gasteiger partial charge in [-0.1, -0.05) is 35.3 Å². The second-order valence-electron chi connectivity index (χ2n) is 4.46. The van der Waals surface area contributed by atoms with Crippen LogP contribution in [0.2, 0.25) is 10.2 Å². The van der Waals surface area contributed by atoms with E-state index in [0.717, 1.165) is 11.3 Å². The number of aromatic nitrogens is 1. The Labute approximate surface area is 133 Å². The van der Waals surface area contributed by atoms with Gasteiger partial charge in [0.2, 0.25) is 0 Å². The summed E-state index contributed by atoms with van der Waals surface area (Å²) < 4.78 is 4.80. The molecule has 0 saturated carbocycles. The fourth-order valence-corrected chi connectivity index (χ4v) is 2.41. The largest absolute Gasteiger partial charge is 0.465 e. The number of pyridine rings is 1. The minimum Gasteiger partial charge on any atom is -0.465 e. The van der Waals surface area contributed by atoms with Crippen LogP contribution in [0.1, 0.15) is 15.9 Å². The summed E-state index contributed by atoms with van der Waals surface area (Å²) in [5, 5.41) is 0.888. The van der Waals surface area contributed by atoms with Gasteiger partial charge in [-0.2, -0.15) is 0 Å². The molecule has 0 fully saturated rings. The smallest absolute Gasteiger partial charge is 0.339 e. The number of esters is 1. The summed E-state index contributed by atoms with van der Waals surface area (Å²) in [7, 11) is 3.23. The van der Waals surface area contributed by atoms with E-state index in [4.69, 9.17) is 27.9 Å². The molecule has 0 unspecified atom stereocenters. The first-order chi connectivity index (χ1) is 10.0. The first-order valence-electron chi connectivity index (χ1n) is 6.21. The predicted octanol–water partition coefficient (Wildman–Crippen LogP) is 3.81. The number of halogens is 2. The van der Waals surface area contributed by atoms with Crippen molar-refractivity contribution in [3.05, 3.63) is 57.8 Å². The van der Waals surface area contributed by atoms with Crippen molar-refractivity contribution in [3.8, 4) is 0 Å². The first-order valence-corrected chi connectivity index (χ1v) is 6.97. The van der Waals surface area contributed by atoms with E-state index in [9.17, 15) is 4.79 Å². The molecular formula is C15H14Cl2N2O2. The lowest BCUT2D eigenvalue weighted by atomic mass is 10.1. The van der Waals surface area contributed by atoms with Crippen molar-refractivity contribution in [1.29, 1.82) is 0 Å². The van der Waals surface area contributed by atoms with Crippen LogP contribution in [0.5, 0.6) is 0 Å². The van der Waals surface area contributed by atoms with Gasteiger partial charge in [0.05, 0.1) is 23.4 Å². The predicted molar refractivity (Wildman–Crippen MR) is 84.1 cm³/mol. The van der Waals surface area contributed by atoms with E-state index in [2.05, 4.69) is 4.98 Å². The van der Waals surface area contributed by atoms with Gasteiger partial charge in [-0.25, -0.2) is 9.78 Å². The van der Waals surface area contributed by atoms with Crippen molar-refractivity contribution < 1.29 is 9.53 Å². The summed E-state index contributed by atoms with van der Waals surface area (Å²) in [6.45, 7) is 0.497. The lowest BCUT2D eigenvalue weighted by molar-refractivity contribution is 0.0601. The molecule has 2 rings (SSSR count). The molecule has 0 saturated heterocycles. The number of para-hydroxylation sites is 1. The zero-order chi connectivity index (χ0) is 15.4. The summed E-state index contributed by atoms with van der Waals surface area (Å²) in [5.74, 6) is -0.377. The number of ether oxygens (including phenoxy) is 1. The van der Waals surface area contributed by atoms with Crippen LogP contribution in [0.15, 0.2) is 36.5 Å². The third-order valence-electron chi connectivity index (χ3n) is 3.02. The van der Waals surface area contributed by atoms with Gasteiger partial charge >= 0.3 is 5.97 Å². The normalized spacial score (nSPS) is 10.3. The number of carbonyl (C=O) groups excluding carboxylic acids is 1. The Morgan fingerprint density at radius 1 is 1.33 bits per heavy atom. The lowest BCUT2D eigenvalue weighted by Crippen LogP contribution is -2.20. The number of carbonyl (C=O) groups is 1. The molecule has 0 aliphatic rings. The molecule has 0 aliphatic carbocycles. The molecule has 0 radical (unpaired) electrons. The van der Waals surface area contributed by atoms with Crippen LogP contribution in [0, 0.1) is 0 Å². The fourth-order valence-electron chi connectivity index (χ4n) is 1.98. The van der Waals surface area contributed by atoms with Crippen LogP contribution >= 0.6 is 23.2 Å². The van der Waals surface area contributed by atoms with Crippen LogP contribution in [0.3, 0.4) is 0 Å². The number of anilines is 1. The SMILES string of the molecule is COC(=O)c1ccccc1N(C)Cc1cnc(Cl)cc1Cl. The second-order valence-corrected chi connectivity index (χ2v) is 5.26. The van der Waals surface area contributed by atoms with Crippen molar-refractivity contribution in [2.45, 2.75) is 6.54 Å². The van der Waals surface area contributed by atoms with Gasteiger partial charge in [0.1, 0.15) is 5.15 Å². The highest BCUT2D eigenvalue weighted by Crippen LogP contribution is 2.25. The van der Waals surface area contributed by atoms with Crippen LogP contribution in [0.4, 0.5) is 5.69 Å². The highest BCUT2D eigenvalue weighted by atomic mass is 35.5. The van der Waals surface area contributed by atoms with E-state index in [1.165, 1.54) is 7.11 Å². The molecule has 0 atom stereocenters. The van der Waals surface area contributed by atoms with E-state index < -0.39 is 0 Å². The first kappa shape index (κ1) is 15.6. The minimum atomic E-state index is -0.377. The van der Waals surface area contributed by atoms with E-state index in [-0.39, 0.29) is 5.97 Å². The van der Waals surface area contributed by atoms with Gasteiger partial charge in [-0.15, -0.1) is 0 Å². The van der Waals surface area contributed by atoms with Gasteiger partial charge < -0.3 is 9.64 Å². The molecule has 110 valence electrons. The molecule has 1 aromatic heterocycles. The number of methoxy groups -OCH3 is 1. The summed E-state index contributed by atoms with van der Waals surface area (Å²) in [4.78, 5) is 17.7. The van der Waals surface area contributed by atoms with E-state index in [0.29, 0.717) is 22.3 Å². The molecule has 0 N–H and O–H groups in total. The standard InChI is InChI=1S/C15H14Cl2N2O2/c1-19(9-10-8-18-14(17)7-12(10)16)13-6-4-3-5-11(13)15(20)21-2/h3-8H,9H2,1-2H3. The van der Waals surface area contributed by atoms with Crippen LogP contribution in [0.25, 0.3) is 0 Å². The number of benzene rings is 1. The fraction of sp³-hybridized carbons (Fsp3) is 0.200. The summed E-state index contributed by atoms with van der Waals surface area (Å²) in [6, 6.07) is 8.82. The van der Waals surface area contributed by atoms with Crippen LogP contribution < -0.4 is 4.90 Å². The number of hydrogen-bond acceptors (Lipinski definition) is 4. The van der Waals surface area contributed by atoms with Crippen molar-refractivity contribution in [3.63, 3.8) is 0 Å². The highest BCUT2D eigenvalue weighted by molar-refractivity contribution is 6.34. The number of nitrogens with zero attached hydrogens (tertiary/aromatic N) is 2. The van der Waals surface area contributed by atoms with Gasteiger partial charge in [-0.05, 0) is 18.2 Å². The van der Waals surface area contributed by atoms with E-state index in [1.807, 2.05) is 24.1 Å². The van der Waals surface area contributed by atoms with Gasteiger partial charge in [0, 0.05) is 25.4 Å². The Morgan fingerprint density at radius 2 is 2.05 bits per heavy atom. The second kappa shape index (κ2) is 6.78. The average molecular weight is 325 g/mol. The Morgan fingerprint density at radius 3 is 2.71 bits per heavy atom. The minimum absolute atomic E-state index is 0.348. The van der Waals surface area contributed by atoms with E-state index >= 15 is 0 Å². The average Bonchev–Trinajstić information content (AvgIpc) is 2.49. The molecule has 1 aromatic carbocycles. The lowest BCUT2D eigenvalue weighted by Gasteiger charge is -2.22. The highest BCUT2D eigenvalue weighted by Gasteiger charge is 2.15. The Bertz CT molecular complexity index is 662. The molecule has 1 heterocycles. The Hall–Kier alpha value is -1.78. The maximum absolute atomic E-state index is 11.8. The maximum Gasteiger partial charge on any atom is 0.339 e. The third-order valence-corrected chi connectivity index (χ3v) is 3.58. The molecule has 0 aliphatic heterocycles. The van der Waals surface area contributed by atoms with Gasteiger partial charge in [0.25, 0.3) is 0 Å². The van der Waals surface area contributed by atoms with Crippen LogP contribution in [-0.2, 0) is 11.3 Å².